The van der Waals surface area contributed by atoms with Crippen molar-refractivity contribution in [3.63, 3.8) is 0 Å². The van der Waals surface area contributed by atoms with Gasteiger partial charge in [0, 0.05) is 32.9 Å². The van der Waals surface area contributed by atoms with Crippen molar-refractivity contribution in [3.8, 4) is 0 Å². The van der Waals surface area contributed by atoms with Crippen LogP contribution in [0.4, 0.5) is 0 Å². The summed E-state index contributed by atoms with van der Waals surface area (Å²) in [5, 5.41) is 62.1. The summed E-state index contributed by atoms with van der Waals surface area (Å²) in [6.45, 7) is 17.2. The number of carboxylic acid groups (broad SMARTS) is 4. The number of rotatable bonds is 39. The first-order valence-electron chi connectivity index (χ1n) is 32.9. The van der Waals surface area contributed by atoms with E-state index >= 15 is 0 Å². The fourth-order valence-electron chi connectivity index (χ4n) is 11.1. The van der Waals surface area contributed by atoms with Gasteiger partial charge in [0.25, 0.3) is 5.97 Å². The third-order valence-corrected chi connectivity index (χ3v) is 16.6. The number of hydrogen-bond donors (Lipinski definition) is 16. The lowest BCUT2D eigenvalue weighted by molar-refractivity contribution is -0.147. The lowest BCUT2D eigenvalue weighted by Crippen LogP contribution is -2.61. The van der Waals surface area contributed by atoms with Gasteiger partial charge < -0.3 is 94.9 Å². The maximum Gasteiger partial charge on any atom is 0.326 e. The molecule has 0 unspecified atom stereocenters. The number of carbonyl (C=O) groups excluding carboxylic acids is 12. The highest BCUT2D eigenvalue weighted by Crippen LogP contribution is 2.25. The zero-order valence-electron chi connectivity index (χ0n) is 56.7. The summed E-state index contributed by atoms with van der Waals surface area (Å²) < 4.78 is 0. The Kier molecular flexibility index (Phi) is 36.0. The molecule has 34 heteroatoms. The molecule has 18 N–H and O–H groups in total. The highest BCUT2D eigenvalue weighted by atomic mass is 16.4. The quantitative estimate of drug-likeness (QED) is 0.0281. The maximum atomic E-state index is 14.6. The van der Waals surface area contributed by atoms with Gasteiger partial charge in [-0.15, -0.1) is 0 Å². The van der Waals surface area contributed by atoms with Crippen LogP contribution in [0.1, 0.15) is 172 Å². The van der Waals surface area contributed by atoms with E-state index in [0.29, 0.717) is 38.6 Å². The van der Waals surface area contributed by atoms with E-state index in [4.69, 9.17) is 21.4 Å². The number of carbonyl (C=O) groups is 16. The molecule has 34 nitrogen and oxygen atoms in total. The molecule has 3 aliphatic heterocycles. The predicted molar refractivity (Wildman–Crippen MR) is 344 cm³/mol. The second-order valence-electron chi connectivity index (χ2n) is 25.7. The van der Waals surface area contributed by atoms with E-state index in [9.17, 15) is 87.2 Å². The molecule has 0 spiro atoms. The Morgan fingerprint density at radius 3 is 1.48 bits per heavy atom. The second kappa shape index (κ2) is 41.4. The van der Waals surface area contributed by atoms with Crippen molar-refractivity contribution in [1.29, 1.82) is 0 Å². The number of aliphatic carboxylic acids is 4. The summed E-state index contributed by atoms with van der Waals surface area (Å²) in [6.07, 6.45) is 0.688. The molecular formula is C62H104N14O20. The molecule has 0 aromatic heterocycles. The van der Waals surface area contributed by atoms with Gasteiger partial charge in [0.15, 0.2) is 0 Å². The molecular weight excluding hydrogens is 1260 g/mol. The number of carboxylic acids is 4. The molecule has 12 amide bonds. The molecule has 0 aromatic carbocycles. The number of unbranched alkanes of at least 4 members (excludes halogenated alkanes) is 1. The predicted octanol–water partition coefficient (Wildman–Crippen LogP) is -2.58. The van der Waals surface area contributed by atoms with E-state index in [1.165, 1.54) is 16.7 Å². The van der Waals surface area contributed by atoms with Crippen LogP contribution in [0.25, 0.3) is 0 Å². The normalized spacial score (nSPS) is 19.0. The largest absolute Gasteiger partial charge is 0.481 e. The van der Waals surface area contributed by atoms with Crippen LogP contribution >= 0.6 is 0 Å². The smallest absolute Gasteiger partial charge is 0.326 e. The molecule has 0 aliphatic carbocycles. The van der Waals surface area contributed by atoms with E-state index < -0.39 is 199 Å². The number of nitrogens with one attached hydrogen (secondary N) is 10. The molecule has 0 bridgehead atoms. The topological polar surface area (TPSA) is 533 Å². The number of amides is 12. The molecule has 3 heterocycles. The first-order chi connectivity index (χ1) is 44.9. The molecule has 0 radical (unpaired) electrons. The van der Waals surface area contributed by atoms with Gasteiger partial charge >= 0.3 is 17.9 Å². The van der Waals surface area contributed by atoms with Crippen LogP contribution in [0.15, 0.2) is 0 Å². The molecule has 3 aliphatic rings. The molecule has 0 aromatic rings. The van der Waals surface area contributed by atoms with E-state index in [0.717, 1.165) is 13.3 Å². The van der Waals surface area contributed by atoms with Gasteiger partial charge in [0.1, 0.15) is 66.5 Å². The Morgan fingerprint density at radius 1 is 0.500 bits per heavy atom. The zero-order valence-corrected chi connectivity index (χ0v) is 56.7. The third kappa shape index (κ3) is 28.0. The summed E-state index contributed by atoms with van der Waals surface area (Å²) in [5.41, 5.74) is 11.0. The van der Waals surface area contributed by atoms with Crippen LogP contribution in [-0.4, -0.2) is 224 Å². The van der Waals surface area contributed by atoms with Crippen molar-refractivity contribution in [2.24, 2.45) is 35.1 Å². The van der Waals surface area contributed by atoms with Crippen LogP contribution < -0.4 is 64.6 Å². The number of likely N-dealkylation sites (tertiary alicyclic amines) is 2. The molecule has 13 atom stereocenters. The molecule has 96 heavy (non-hydrogen) atoms. The van der Waals surface area contributed by atoms with Crippen LogP contribution in [-0.2, 0) is 76.7 Å². The average molecular weight is 1370 g/mol. The summed E-state index contributed by atoms with van der Waals surface area (Å²) in [4.78, 5) is 212. The zero-order chi connectivity index (χ0) is 72.8. The maximum absolute atomic E-state index is 14.6. The van der Waals surface area contributed by atoms with Crippen LogP contribution in [0, 0.1) is 23.7 Å². The van der Waals surface area contributed by atoms with Crippen molar-refractivity contribution in [2.45, 2.75) is 244 Å². The molecule has 3 fully saturated rings. The molecule has 542 valence electrons. The van der Waals surface area contributed by atoms with E-state index in [-0.39, 0.29) is 75.9 Å². The Morgan fingerprint density at radius 2 is 0.990 bits per heavy atom. The summed E-state index contributed by atoms with van der Waals surface area (Å²) in [7, 11) is 0. The minimum absolute atomic E-state index is 0.0333. The Labute approximate surface area is 558 Å². The van der Waals surface area contributed by atoms with Crippen molar-refractivity contribution in [2.75, 3.05) is 26.2 Å². The van der Waals surface area contributed by atoms with Gasteiger partial charge in [-0.2, -0.15) is 0 Å². The highest BCUT2D eigenvalue weighted by Gasteiger charge is 2.44. The van der Waals surface area contributed by atoms with Crippen LogP contribution in [0.3, 0.4) is 0 Å². The first kappa shape index (κ1) is 83.5. The van der Waals surface area contributed by atoms with Crippen molar-refractivity contribution >= 4 is 94.8 Å². The number of hydrogen-bond acceptors (Lipinski definition) is 18. The Hall–Kier alpha value is -8.56. The number of nitrogens with zero attached hydrogens (tertiary/aromatic N) is 2. The van der Waals surface area contributed by atoms with Crippen molar-refractivity contribution < 1.29 is 97.1 Å². The third-order valence-electron chi connectivity index (χ3n) is 16.6. The lowest BCUT2D eigenvalue weighted by atomic mass is 9.97. The van der Waals surface area contributed by atoms with Gasteiger partial charge in [0.2, 0.25) is 70.9 Å². The fraction of sp³-hybridized carbons (Fsp3) is 0.742. The average Bonchev–Trinajstić information content (AvgIpc) is 1.62. The SMILES string of the molecule is CC(=O)O.CC[C@H](C)[C@H](NC(=O)[C@@H]1CCCN1)C(=O)N[C@@H](C)C(=O)N[C@@H](CCC(=O)O)C(=O)N1CCC[C@H]1C(=O)N[C@H](C(=O)N1CCC[C@H]1C(=O)N[C@@H](CC(C)C)C(=O)N[C@H](C(=O)N[C@@H](CCCCN)C(=O)N[C@@H](CCC(N)=O)C(=O)N[C@@H](CC(=O)O)C(=O)O)C(C)C)C(C)C. The van der Waals surface area contributed by atoms with Crippen molar-refractivity contribution in [1.82, 2.24) is 63.0 Å². The minimum Gasteiger partial charge on any atom is -0.481 e. The minimum atomic E-state index is -1.91. The van der Waals surface area contributed by atoms with E-state index in [1.54, 1.807) is 48.5 Å². The molecule has 3 saturated heterocycles. The van der Waals surface area contributed by atoms with Crippen LogP contribution in [0.5, 0.6) is 0 Å². The fourth-order valence-corrected chi connectivity index (χ4v) is 11.1. The van der Waals surface area contributed by atoms with Gasteiger partial charge in [-0.1, -0.05) is 61.8 Å². The first-order valence-corrected chi connectivity index (χ1v) is 32.9. The summed E-state index contributed by atoms with van der Waals surface area (Å²) in [5.74, 6) is -16.4. The van der Waals surface area contributed by atoms with E-state index in [2.05, 4.69) is 47.9 Å². The Bertz CT molecular complexity index is 2740. The van der Waals surface area contributed by atoms with Gasteiger partial charge in [-0.3, -0.25) is 71.9 Å². The van der Waals surface area contributed by atoms with E-state index in [1.807, 2.05) is 12.2 Å². The molecule has 3 rings (SSSR count). The molecule has 0 saturated carbocycles. The van der Waals surface area contributed by atoms with Gasteiger partial charge in [-0.25, -0.2) is 4.79 Å². The van der Waals surface area contributed by atoms with Crippen LogP contribution in [0.2, 0.25) is 0 Å². The van der Waals surface area contributed by atoms with Gasteiger partial charge in [0.05, 0.1) is 12.5 Å². The summed E-state index contributed by atoms with van der Waals surface area (Å²) in [6, 6.07) is -15.3. The number of primary amides is 1. The lowest BCUT2D eigenvalue weighted by Gasteiger charge is -2.33. The van der Waals surface area contributed by atoms with Gasteiger partial charge in [-0.05, 0) is 121 Å². The second-order valence-corrected chi connectivity index (χ2v) is 25.7. The standard InChI is InChI=1S/C60H100N14O18.C2H4O2/c1-10-33(8)48(72-50(81)35-17-13-25-63-35)57(88)64-34(9)49(80)67-38(21-23-44(76)77)58(89)73-26-14-19-42(73)55(86)71-47(32(6)7)59(90)74-27-15-18-41(74)54(85)68-39(28-30(2)3)53(84)70-46(31(4)5)56(87)66-36(16-11-12-24-61)51(82)65-37(20-22-43(62)75)52(83)69-40(60(91)92)29-45(78)79;1-2(3)4/h30-42,46-48,63H,10-29,61H2,1-9H3,(H2,62,75)(H,64,88)(H,65,82)(H,66,87)(H,67,80)(H,68,85)(H,69,83)(H,70,84)(H,71,86)(H,72,81)(H,76,77)(H,78,79)(H,91,92);1H3,(H,3,4)/t33-,34-,35-,36-,37-,38-,39-,40-,41-,42-,46-,47-,48-;/m0./s1. The number of nitrogens with two attached hydrogens (primary N) is 2. The monoisotopic (exact) mass is 1360 g/mol. The summed E-state index contributed by atoms with van der Waals surface area (Å²) >= 11 is 0. The Balaban J connectivity index is 0.00000761. The highest BCUT2D eigenvalue weighted by molar-refractivity contribution is 6.00. The van der Waals surface area contributed by atoms with Crippen molar-refractivity contribution in [3.05, 3.63) is 0 Å².